The maximum Gasteiger partial charge on any atom is 0.231 e. The second-order valence-corrected chi connectivity index (χ2v) is 9.40. The third-order valence-corrected chi connectivity index (χ3v) is 5.50. The summed E-state index contributed by atoms with van der Waals surface area (Å²) in [6.45, 7) is 7.55. The van der Waals surface area contributed by atoms with E-state index in [0.29, 0.717) is 42.7 Å². The van der Waals surface area contributed by atoms with Crippen LogP contribution in [0.3, 0.4) is 0 Å². The van der Waals surface area contributed by atoms with Crippen molar-refractivity contribution in [1.29, 1.82) is 0 Å². The molecule has 0 saturated heterocycles. The Bertz CT molecular complexity index is 1040. The van der Waals surface area contributed by atoms with Crippen molar-refractivity contribution in [3.63, 3.8) is 0 Å². The monoisotopic (exact) mass is 556 g/mol. The van der Waals surface area contributed by atoms with Crippen LogP contribution in [-0.2, 0) is 11.2 Å². The molecule has 2 aliphatic heterocycles. The number of benzene rings is 1. The molecule has 1 aromatic rings. The molecule has 0 fully saturated rings. The summed E-state index contributed by atoms with van der Waals surface area (Å²) in [6, 6.07) is 3.81. The fourth-order valence-corrected chi connectivity index (χ4v) is 3.51. The van der Waals surface area contributed by atoms with Crippen molar-refractivity contribution in [3.05, 3.63) is 32.8 Å². The molecule has 0 spiro atoms. The predicted octanol–water partition coefficient (Wildman–Crippen LogP) is 2.64. The third kappa shape index (κ3) is 5.96. The van der Waals surface area contributed by atoms with Gasteiger partial charge in [0.1, 0.15) is 11.5 Å². The molecule has 11 heteroatoms. The SMILES string of the molecule is C\C(F)=N/C(N)=C1/N=C(Cc2cc3c(cc2I)OCO3)N/C1=N\CCNC(=O)C(C)(C)C. The van der Waals surface area contributed by atoms with E-state index in [9.17, 15) is 9.18 Å². The average molecular weight is 556 g/mol. The highest BCUT2D eigenvalue weighted by atomic mass is 127. The Morgan fingerprint density at radius 1 is 1.34 bits per heavy atom. The first-order chi connectivity index (χ1) is 15.0. The molecule has 0 bridgehead atoms. The van der Waals surface area contributed by atoms with Gasteiger partial charge in [-0.15, -0.1) is 0 Å². The van der Waals surface area contributed by atoms with Gasteiger partial charge < -0.3 is 25.8 Å². The van der Waals surface area contributed by atoms with E-state index in [1.54, 1.807) is 0 Å². The minimum atomic E-state index is -0.680. The van der Waals surface area contributed by atoms with E-state index < -0.39 is 11.4 Å². The molecule has 0 atom stereocenters. The molecular formula is C21H26FIN6O3. The molecule has 2 heterocycles. The lowest BCUT2D eigenvalue weighted by molar-refractivity contribution is -0.128. The number of fused-ring (bicyclic) bond motifs is 1. The summed E-state index contributed by atoms with van der Waals surface area (Å²) in [5, 5.41) is 5.97. The van der Waals surface area contributed by atoms with Crippen LogP contribution in [0.4, 0.5) is 4.39 Å². The molecule has 1 amide bonds. The number of rotatable bonds is 6. The molecule has 0 unspecified atom stereocenters. The minimum Gasteiger partial charge on any atom is -0.454 e. The second kappa shape index (κ2) is 9.84. The molecule has 0 radical (unpaired) electrons. The van der Waals surface area contributed by atoms with Crippen LogP contribution in [0.15, 0.2) is 38.6 Å². The molecular weight excluding hydrogens is 530 g/mol. The number of carbonyl (C=O) groups is 1. The van der Waals surface area contributed by atoms with E-state index in [-0.39, 0.29) is 24.2 Å². The number of amidine groups is 2. The molecule has 4 N–H and O–H groups in total. The topological polar surface area (TPSA) is 123 Å². The second-order valence-electron chi connectivity index (χ2n) is 8.24. The van der Waals surface area contributed by atoms with Crippen LogP contribution in [0, 0.1) is 8.99 Å². The van der Waals surface area contributed by atoms with E-state index in [2.05, 4.69) is 48.2 Å². The van der Waals surface area contributed by atoms with Crippen LogP contribution < -0.4 is 25.8 Å². The normalized spacial score (nSPS) is 18.5. The molecule has 32 heavy (non-hydrogen) atoms. The molecule has 172 valence electrons. The summed E-state index contributed by atoms with van der Waals surface area (Å²) in [5.41, 5.74) is 6.70. The highest BCUT2D eigenvalue weighted by Gasteiger charge is 2.24. The number of nitrogens with two attached hydrogens (primary N) is 1. The van der Waals surface area contributed by atoms with E-state index >= 15 is 0 Å². The molecule has 0 aromatic heterocycles. The number of halogens is 2. The van der Waals surface area contributed by atoms with Crippen LogP contribution in [0.1, 0.15) is 33.3 Å². The van der Waals surface area contributed by atoms with Gasteiger partial charge in [-0.3, -0.25) is 9.79 Å². The quantitative estimate of drug-likeness (QED) is 0.283. The average Bonchev–Trinajstić information content (AvgIpc) is 3.30. The van der Waals surface area contributed by atoms with E-state index in [1.807, 2.05) is 32.9 Å². The summed E-state index contributed by atoms with van der Waals surface area (Å²) in [7, 11) is 0. The van der Waals surface area contributed by atoms with Crippen molar-refractivity contribution in [2.75, 3.05) is 19.9 Å². The Morgan fingerprint density at radius 3 is 2.69 bits per heavy atom. The zero-order valence-electron chi connectivity index (χ0n) is 18.4. The number of ether oxygens (including phenoxy) is 2. The van der Waals surface area contributed by atoms with Gasteiger partial charge in [0.05, 0.1) is 6.54 Å². The minimum absolute atomic E-state index is 0.0701. The van der Waals surface area contributed by atoms with Crippen LogP contribution in [0.5, 0.6) is 11.5 Å². The van der Waals surface area contributed by atoms with Crippen molar-refractivity contribution in [3.8, 4) is 11.5 Å². The molecule has 0 saturated carbocycles. The van der Waals surface area contributed by atoms with Crippen LogP contribution >= 0.6 is 22.6 Å². The van der Waals surface area contributed by atoms with Gasteiger partial charge in [0.15, 0.2) is 29.1 Å². The summed E-state index contributed by atoms with van der Waals surface area (Å²) in [6.07, 6.45) is 0.448. The molecule has 1 aromatic carbocycles. The van der Waals surface area contributed by atoms with Gasteiger partial charge >= 0.3 is 0 Å². The van der Waals surface area contributed by atoms with E-state index in [1.165, 1.54) is 6.92 Å². The van der Waals surface area contributed by atoms with E-state index in [4.69, 9.17) is 15.2 Å². The van der Waals surface area contributed by atoms with E-state index in [0.717, 1.165) is 9.13 Å². The molecule has 2 aliphatic rings. The highest BCUT2D eigenvalue weighted by Crippen LogP contribution is 2.35. The van der Waals surface area contributed by atoms with Gasteiger partial charge in [-0.25, -0.2) is 9.98 Å². The zero-order chi connectivity index (χ0) is 23.5. The first-order valence-corrected chi connectivity index (χ1v) is 11.1. The van der Waals surface area contributed by atoms with Gasteiger partial charge in [0, 0.05) is 28.9 Å². The fourth-order valence-electron chi connectivity index (χ4n) is 2.88. The van der Waals surface area contributed by atoms with Gasteiger partial charge in [0.25, 0.3) is 0 Å². The highest BCUT2D eigenvalue weighted by molar-refractivity contribution is 14.1. The van der Waals surface area contributed by atoms with Crippen molar-refractivity contribution < 1.29 is 18.7 Å². The maximum atomic E-state index is 13.3. The lowest BCUT2D eigenvalue weighted by Crippen LogP contribution is -2.36. The first kappa shape index (κ1) is 24.0. The summed E-state index contributed by atoms with van der Waals surface area (Å²) in [4.78, 5) is 24.6. The number of amides is 1. The lowest BCUT2D eigenvalue weighted by atomic mass is 9.96. The number of nitrogens with one attached hydrogen (secondary N) is 2. The Kier molecular flexibility index (Phi) is 7.36. The number of carbonyl (C=O) groups excluding carboxylic acids is 1. The molecule has 0 aliphatic carbocycles. The zero-order valence-corrected chi connectivity index (χ0v) is 20.5. The Hall–Kier alpha value is -2.70. The third-order valence-electron chi connectivity index (χ3n) is 4.50. The van der Waals surface area contributed by atoms with Crippen molar-refractivity contribution in [2.45, 2.75) is 34.1 Å². The van der Waals surface area contributed by atoms with Crippen molar-refractivity contribution in [1.82, 2.24) is 10.6 Å². The largest absolute Gasteiger partial charge is 0.454 e. The summed E-state index contributed by atoms with van der Waals surface area (Å²) < 4.78 is 25.2. The number of nitrogens with zero attached hydrogens (tertiary/aromatic N) is 3. The van der Waals surface area contributed by atoms with Crippen LogP contribution in [0.25, 0.3) is 0 Å². The van der Waals surface area contributed by atoms with Gasteiger partial charge in [0.2, 0.25) is 12.7 Å². The number of hydrogen-bond donors (Lipinski definition) is 3. The fraction of sp³-hybridized carbons (Fsp3) is 0.429. The Balaban J connectivity index is 1.78. The first-order valence-electron chi connectivity index (χ1n) is 10.0. The smallest absolute Gasteiger partial charge is 0.231 e. The van der Waals surface area contributed by atoms with Crippen LogP contribution in [-0.4, -0.2) is 43.4 Å². The van der Waals surface area contributed by atoms with Crippen molar-refractivity contribution in [2.24, 2.45) is 26.1 Å². The summed E-state index contributed by atoms with van der Waals surface area (Å²) >= 11 is 2.22. The van der Waals surface area contributed by atoms with Gasteiger partial charge in [-0.1, -0.05) is 20.8 Å². The standard InChI is InChI=1S/C21H26FIN6O3/c1-11(22)27-18(24)17-19(25-5-6-26-20(30)21(2,3)4)29-16(28-17)8-12-7-14-15(9-13(12)23)32-10-31-14/h7,9H,5-6,8,10,24H2,1-4H3,(H,26,30)(H,25,28,29)/b18-17+,27-11+. The molecule has 3 rings (SSSR count). The Morgan fingerprint density at radius 2 is 2.03 bits per heavy atom. The number of hydrogen-bond acceptors (Lipinski definition) is 7. The predicted molar refractivity (Wildman–Crippen MR) is 130 cm³/mol. The van der Waals surface area contributed by atoms with Gasteiger partial charge in [-0.2, -0.15) is 4.39 Å². The van der Waals surface area contributed by atoms with Crippen molar-refractivity contribution >= 4 is 46.1 Å². The number of aliphatic imine (C=N–C) groups is 3. The van der Waals surface area contributed by atoms with Gasteiger partial charge in [-0.05, 0) is 40.3 Å². The Labute approximate surface area is 199 Å². The van der Waals surface area contributed by atoms with Crippen LogP contribution in [0.2, 0.25) is 0 Å². The lowest BCUT2D eigenvalue weighted by Gasteiger charge is -2.17. The maximum absolute atomic E-state index is 13.3. The molecule has 9 nitrogen and oxygen atoms in total. The summed E-state index contributed by atoms with van der Waals surface area (Å²) in [5.74, 6) is 1.52.